The zero-order chi connectivity index (χ0) is 20.1. The normalized spacial score (nSPS) is 20.9. The van der Waals surface area contributed by atoms with Gasteiger partial charge in [-0.15, -0.1) is 15.7 Å². The lowest BCUT2D eigenvalue weighted by Crippen LogP contribution is -2.18. The predicted octanol–water partition coefficient (Wildman–Crippen LogP) is 3.67. The van der Waals surface area contributed by atoms with E-state index in [0.717, 1.165) is 71.6 Å². The Hall–Kier alpha value is -1.81. The maximum atomic E-state index is 12.8. The van der Waals surface area contributed by atoms with E-state index in [2.05, 4.69) is 16.6 Å². The van der Waals surface area contributed by atoms with Gasteiger partial charge in [-0.1, -0.05) is 6.92 Å². The molecule has 2 aromatic heterocycles. The number of hydrogen-bond donors (Lipinski definition) is 3. The van der Waals surface area contributed by atoms with Crippen LogP contribution in [0.3, 0.4) is 0 Å². The van der Waals surface area contributed by atoms with Crippen molar-refractivity contribution < 1.29 is 14.1 Å². The number of aliphatic hydroxyl groups excluding tert-OH is 1. The van der Waals surface area contributed by atoms with Gasteiger partial charge in [0.25, 0.3) is 0 Å². The minimum Gasteiger partial charge on any atom is -0.389 e. The van der Waals surface area contributed by atoms with Crippen LogP contribution in [0.2, 0.25) is 0 Å². The number of aliphatic hydroxyl groups is 1. The van der Waals surface area contributed by atoms with E-state index < -0.39 is 22.1 Å². The monoisotopic (exact) mass is 420 g/mol. The Labute approximate surface area is 168 Å². The van der Waals surface area contributed by atoms with Crippen LogP contribution in [0.4, 0.5) is 10.5 Å². The van der Waals surface area contributed by atoms with Crippen LogP contribution in [0, 0.1) is 0 Å². The van der Waals surface area contributed by atoms with Crippen molar-refractivity contribution in [1.82, 2.24) is 4.98 Å². The highest BCUT2D eigenvalue weighted by Crippen LogP contribution is 2.41. The molecular weight excluding hydrogens is 396 g/mol. The van der Waals surface area contributed by atoms with Gasteiger partial charge in [-0.3, -0.25) is 4.98 Å². The summed E-state index contributed by atoms with van der Waals surface area (Å²) in [4.78, 5) is 17.5. The number of rotatable bonds is 3. The molecule has 28 heavy (non-hydrogen) atoms. The van der Waals surface area contributed by atoms with Crippen molar-refractivity contribution in [3.05, 3.63) is 39.5 Å². The number of thiophene rings is 1. The fourth-order valence-corrected chi connectivity index (χ4v) is 6.17. The Bertz CT molecular complexity index is 1070. The van der Waals surface area contributed by atoms with E-state index in [4.69, 9.17) is 10.1 Å². The first-order valence-electron chi connectivity index (χ1n) is 9.43. The van der Waals surface area contributed by atoms with Crippen LogP contribution in [-0.4, -0.2) is 20.3 Å². The van der Waals surface area contributed by atoms with E-state index in [1.165, 1.54) is 6.07 Å². The molecule has 0 aliphatic heterocycles. The Morgan fingerprint density at radius 2 is 2.21 bits per heavy atom. The van der Waals surface area contributed by atoms with Gasteiger partial charge in [0.1, 0.15) is 4.21 Å². The topological polar surface area (TPSA) is 118 Å². The molecule has 2 amide bonds. The van der Waals surface area contributed by atoms with Gasteiger partial charge < -0.3 is 10.4 Å². The molecule has 7 nitrogen and oxygen atoms in total. The number of fused-ring (bicyclic) bond motifs is 2. The van der Waals surface area contributed by atoms with Crippen molar-refractivity contribution in [3.8, 4) is 0 Å². The van der Waals surface area contributed by atoms with Crippen molar-refractivity contribution in [2.75, 3.05) is 5.32 Å². The Morgan fingerprint density at radius 3 is 2.93 bits per heavy atom. The van der Waals surface area contributed by atoms with Crippen LogP contribution in [-0.2, 0) is 29.2 Å². The number of hydrogen-bond acceptors (Lipinski definition) is 5. The summed E-state index contributed by atoms with van der Waals surface area (Å²) in [5.74, 6) is 0.372. The van der Waals surface area contributed by atoms with Gasteiger partial charge in [0.05, 0.1) is 11.8 Å². The summed E-state index contributed by atoms with van der Waals surface area (Å²) in [5, 5.41) is 20.0. The van der Waals surface area contributed by atoms with Crippen molar-refractivity contribution in [3.63, 3.8) is 0 Å². The second-order valence-electron chi connectivity index (χ2n) is 7.53. The number of nitrogens with two attached hydrogens (primary N) is 1. The number of amides is 2. The smallest absolute Gasteiger partial charge is 0.354 e. The molecule has 9 heteroatoms. The average Bonchev–Trinajstić information content (AvgIpc) is 3.34. The van der Waals surface area contributed by atoms with E-state index in [9.17, 15) is 14.1 Å². The molecule has 0 saturated carbocycles. The lowest BCUT2D eigenvalue weighted by Gasteiger charge is -2.15. The zero-order valence-electron chi connectivity index (χ0n) is 15.9. The third-order valence-electron chi connectivity index (χ3n) is 5.47. The standard InChI is InChI=1S/C19H24N4O3S2/c1-10-6-7-14-17(10)21-15-5-3-4-13(15)18(14)22-19(25)23-28(20,26)16-8-12(9-27-16)11(2)24/h8-11,24H,3-7H2,1-2H3,(H3,20,21,22,23,25,26)/t10-,11+,28-/m1/s1. The average molecular weight is 421 g/mol. The molecule has 2 aromatic rings. The fraction of sp³-hybridized carbons (Fsp3) is 0.474. The molecule has 4 N–H and O–H groups in total. The largest absolute Gasteiger partial charge is 0.389 e. The molecule has 0 aromatic carbocycles. The van der Waals surface area contributed by atoms with Gasteiger partial charge in [0.15, 0.2) is 9.92 Å². The summed E-state index contributed by atoms with van der Waals surface area (Å²) in [7, 11) is -3.38. The van der Waals surface area contributed by atoms with E-state index in [-0.39, 0.29) is 4.21 Å². The first kappa shape index (κ1) is 19.5. The van der Waals surface area contributed by atoms with Crippen LogP contribution in [0.25, 0.3) is 0 Å². The lowest BCUT2D eigenvalue weighted by atomic mass is 10.0. The highest BCUT2D eigenvalue weighted by molar-refractivity contribution is 7.93. The van der Waals surface area contributed by atoms with Gasteiger partial charge in [-0.25, -0.2) is 14.1 Å². The minimum atomic E-state index is -3.38. The van der Waals surface area contributed by atoms with Crippen molar-refractivity contribution >= 4 is 33.0 Å². The van der Waals surface area contributed by atoms with E-state index in [1.54, 1.807) is 12.3 Å². The number of anilines is 1. The van der Waals surface area contributed by atoms with E-state index >= 15 is 0 Å². The molecule has 3 atom stereocenters. The number of urea groups is 1. The third-order valence-corrected chi connectivity index (χ3v) is 8.34. The molecule has 0 saturated heterocycles. The molecule has 2 aliphatic carbocycles. The number of pyridine rings is 1. The van der Waals surface area contributed by atoms with Crippen molar-refractivity contribution in [2.24, 2.45) is 9.50 Å². The Balaban J connectivity index is 1.67. The van der Waals surface area contributed by atoms with Crippen LogP contribution in [0.15, 0.2) is 20.0 Å². The molecule has 0 fully saturated rings. The molecule has 0 radical (unpaired) electrons. The molecule has 0 unspecified atom stereocenters. The van der Waals surface area contributed by atoms with Crippen LogP contribution < -0.4 is 10.5 Å². The first-order valence-corrected chi connectivity index (χ1v) is 11.9. The van der Waals surface area contributed by atoms with Gasteiger partial charge in [0.2, 0.25) is 0 Å². The van der Waals surface area contributed by atoms with Gasteiger partial charge in [-0.05, 0) is 73.1 Å². The number of carbonyl (C=O) groups excluding carboxylic acids is 1. The van der Waals surface area contributed by atoms with Crippen LogP contribution in [0.5, 0.6) is 0 Å². The van der Waals surface area contributed by atoms with Crippen LogP contribution in [0.1, 0.15) is 66.8 Å². The second-order valence-corrected chi connectivity index (χ2v) is 10.5. The van der Waals surface area contributed by atoms with E-state index in [0.29, 0.717) is 11.5 Å². The maximum absolute atomic E-state index is 12.8. The molecule has 2 aliphatic rings. The highest BCUT2D eigenvalue weighted by atomic mass is 32.2. The van der Waals surface area contributed by atoms with Crippen molar-refractivity contribution in [1.29, 1.82) is 0 Å². The molecule has 0 spiro atoms. The van der Waals surface area contributed by atoms with Crippen LogP contribution >= 0.6 is 11.3 Å². The molecular formula is C19H24N4O3S2. The highest BCUT2D eigenvalue weighted by Gasteiger charge is 2.30. The van der Waals surface area contributed by atoms with Gasteiger partial charge >= 0.3 is 6.03 Å². The first-order chi connectivity index (χ1) is 13.3. The Morgan fingerprint density at radius 1 is 1.43 bits per heavy atom. The summed E-state index contributed by atoms with van der Waals surface area (Å²) in [6.07, 6.45) is 3.99. The fourth-order valence-electron chi connectivity index (χ4n) is 3.95. The van der Waals surface area contributed by atoms with Gasteiger partial charge in [-0.2, -0.15) is 0 Å². The molecule has 4 rings (SSSR count). The minimum absolute atomic E-state index is 0.275. The number of aromatic nitrogens is 1. The SMILES string of the molecule is C[C@H](O)c1csc([S@](N)(=O)=NC(=O)Nc2c3c(nc4c2CC[C@H]4C)CCC3)c1. The molecule has 0 bridgehead atoms. The maximum Gasteiger partial charge on any atom is 0.354 e. The quantitative estimate of drug-likeness (QED) is 0.702. The number of nitrogens with one attached hydrogen (secondary N) is 1. The molecule has 150 valence electrons. The number of carbonyl (C=O) groups is 1. The summed E-state index contributed by atoms with van der Waals surface area (Å²) < 4.78 is 16.9. The van der Waals surface area contributed by atoms with Gasteiger partial charge in [0, 0.05) is 11.4 Å². The summed E-state index contributed by atoms with van der Waals surface area (Å²) >= 11 is 1.13. The second kappa shape index (κ2) is 7.22. The Kier molecular flexibility index (Phi) is 5.03. The van der Waals surface area contributed by atoms with E-state index in [1.807, 2.05) is 0 Å². The van der Waals surface area contributed by atoms with Crippen molar-refractivity contribution in [2.45, 2.75) is 62.2 Å². The summed E-state index contributed by atoms with van der Waals surface area (Å²) in [5.41, 5.74) is 5.66. The zero-order valence-corrected chi connectivity index (χ0v) is 17.5. The summed E-state index contributed by atoms with van der Waals surface area (Å²) in [6.45, 7) is 3.76. The third kappa shape index (κ3) is 3.47. The number of aryl methyl sites for hydroxylation is 1. The number of nitrogens with zero attached hydrogens (tertiary/aromatic N) is 2. The predicted molar refractivity (Wildman–Crippen MR) is 110 cm³/mol. The lowest BCUT2D eigenvalue weighted by molar-refractivity contribution is 0.199. The summed E-state index contributed by atoms with van der Waals surface area (Å²) in [6, 6.07) is 0.833. The molecule has 2 heterocycles.